The Bertz CT molecular complexity index is 622. The fourth-order valence-corrected chi connectivity index (χ4v) is 3.07. The molecule has 0 amide bonds. The predicted molar refractivity (Wildman–Crippen MR) is 83.4 cm³/mol. The van der Waals surface area contributed by atoms with E-state index in [1.165, 1.54) is 0 Å². The first-order chi connectivity index (χ1) is 10.0. The molecule has 2 aromatic rings. The molecule has 3 heterocycles. The largest absolute Gasteiger partial charge is 0.464 e. The van der Waals surface area contributed by atoms with E-state index < -0.39 is 0 Å². The number of nitrogens with zero attached hydrogens (tertiary/aromatic N) is 3. The highest BCUT2D eigenvalue weighted by Gasteiger charge is 2.31. The van der Waals surface area contributed by atoms with Crippen LogP contribution in [0.3, 0.4) is 0 Å². The molecule has 1 fully saturated rings. The van der Waals surface area contributed by atoms with Crippen molar-refractivity contribution in [2.45, 2.75) is 32.7 Å². The van der Waals surface area contributed by atoms with Gasteiger partial charge in [-0.05, 0) is 37.8 Å². The first kappa shape index (κ1) is 14.2. The quantitative estimate of drug-likeness (QED) is 0.859. The number of hydrogen-bond donors (Lipinski definition) is 1. The van der Waals surface area contributed by atoms with Crippen LogP contribution in [0.2, 0.25) is 5.15 Å². The van der Waals surface area contributed by atoms with Gasteiger partial charge < -0.3 is 15.1 Å². The Morgan fingerprint density at radius 1 is 1.38 bits per heavy atom. The van der Waals surface area contributed by atoms with Gasteiger partial charge in [-0.3, -0.25) is 0 Å². The van der Waals surface area contributed by atoms with Gasteiger partial charge in [0.25, 0.3) is 0 Å². The maximum Gasteiger partial charge on any atom is 0.223 e. The first-order valence-electron chi connectivity index (χ1n) is 7.16. The van der Waals surface area contributed by atoms with Crippen molar-refractivity contribution in [3.8, 4) is 0 Å². The Balaban J connectivity index is 1.97. The average molecular weight is 307 g/mol. The monoisotopic (exact) mass is 306 g/mol. The molecular formula is C15H19ClN4O. The van der Waals surface area contributed by atoms with E-state index in [-0.39, 0.29) is 12.0 Å². The van der Waals surface area contributed by atoms with Crippen LogP contribution in [0.4, 0.5) is 11.8 Å². The van der Waals surface area contributed by atoms with Gasteiger partial charge in [-0.25, -0.2) is 4.98 Å². The molecular weight excluding hydrogens is 288 g/mol. The summed E-state index contributed by atoms with van der Waals surface area (Å²) in [6, 6.07) is 5.95. The molecule has 0 radical (unpaired) electrons. The van der Waals surface area contributed by atoms with Crippen LogP contribution in [0.25, 0.3) is 0 Å². The number of aryl methyl sites for hydroxylation is 1. The van der Waals surface area contributed by atoms with Gasteiger partial charge >= 0.3 is 0 Å². The number of rotatable bonds is 2. The molecule has 112 valence electrons. The van der Waals surface area contributed by atoms with Crippen LogP contribution in [0.15, 0.2) is 22.6 Å². The smallest absolute Gasteiger partial charge is 0.223 e. The van der Waals surface area contributed by atoms with Gasteiger partial charge in [0.2, 0.25) is 5.95 Å². The van der Waals surface area contributed by atoms with E-state index in [4.69, 9.17) is 21.8 Å². The molecule has 6 heteroatoms. The van der Waals surface area contributed by atoms with Crippen molar-refractivity contribution >= 4 is 23.4 Å². The molecule has 3 rings (SSSR count). The summed E-state index contributed by atoms with van der Waals surface area (Å²) in [5.74, 6) is 3.49. The lowest BCUT2D eigenvalue weighted by Gasteiger charge is -2.38. The number of anilines is 2. The Morgan fingerprint density at radius 2 is 2.19 bits per heavy atom. The molecule has 2 unspecified atom stereocenters. The van der Waals surface area contributed by atoms with Crippen LogP contribution < -0.4 is 10.6 Å². The van der Waals surface area contributed by atoms with Crippen molar-refractivity contribution in [3.05, 3.63) is 34.9 Å². The minimum Gasteiger partial charge on any atom is -0.464 e. The van der Waals surface area contributed by atoms with Crippen LogP contribution >= 0.6 is 11.6 Å². The summed E-state index contributed by atoms with van der Waals surface area (Å²) in [5.41, 5.74) is 5.72. The van der Waals surface area contributed by atoms with Crippen molar-refractivity contribution in [2.24, 2.45) is 5.92 Å². The standard InChI is InChI=1S/C15H19ClN4O/c1-9-5-6-20(14-8-13(16)18-15(17)19-14)11(7-9)12-4-3-10(2)21-12/h3-4,8-9,11H,5-7H2,1-2H3,(H2,17,18,19). The Hall–Kier alpha value is -1.75. The minimum atomic E-state index is 0.160. The zero-order chi connectivity index (χ0) is 15.0. The Labute approximate surface area is 129 Å². The van der Waals surface area contributed by atoms with Gasteiger partial charge in [0.1, 0.15) is 22.5 Å². The number of furan rings is 1. The first-order valence-corrected chi connectivity index (χ1v) is 7.54. The van der Waals surface area contributed by atoms with Crippen LogP contribution in [-0.4, -0.2) is 16.5 Å². The lowest BCUT2D eigenvalue weighted by Crippen LogP contribution is -2.36. The molecule has 1 saturated heterocycles. The summed E-state index contributed by atoms with van der Waals surface area (Å²) in [4.78, 5) is 10.5. The van der Waals surface area contributed by atoms with Gasteiger partial charge in [-0.15, -0.1) is 0 Å². The number of nitrogens with two attached hydrogens (primary N) is 1. The molecule has 0 saturated carbocycles. The summed E-state index contributed by atoms with van der Waals surface area (Å²) in [6.07, 6.45) is 2.13. The second-order valence-corrected chi connectivity index (χ2v) is 6.08. The van der Waals surface area contributed by atoms with Crippen molar-refractivity contribution in [1.82, 2.24) is 9.97 Å². The van der Waals surface area contributed by atoms with Crippen LogP contribution in [0.1, 0.15) is 37.3 Å². The molecule has 0 bridgehead atoms. The van der Waals surface area contributed by atoms with Crippen molar-refractivity contribution in [1.29, 1.82) is 0 Å². The van der Waals surface area contributed by atoms with Crippen molar-refractivity contribution in [3.63, 3.8) is 0 Å². The number of aromatic nitrogens is 2. The third-order valence-electron chi connectivity index (χ3n) is 3.95. The van der Waals surface area contributed by atoms with E-state index in [9.17, 15) is 0 Å². The highest BCUT2D eigenvalue weighted by molar-refractivity contribution is 6.29. The van der Waals surface area contributed by atoms with E-state index in [1.807, 2.05) is 19.1 Å². The Kier molecular flexibility index (Phi) is 3.76. The number of nitrogen functional groups attached to an aromatic ring is 1. The maximum absolute atomic E-state index is 6.01. The van der Waals surface area contributed by atoms with Gasteiger partial charge in [-0.1, -0.05) is 18.5 Å². The maximum atomic E-state index is 6.01. The van der Waals surface area contributed by atoms with E-state index in [0.717, 1.165) is 36.7 Å². The van der Waals surface area contributed by atoms with Crippen molar-refractivity contribution < 1.29 is 4.42 Å². The van der Waals surface area contributed by atoms with Gasteiger partial charge in [0.05, 0.1) is 6.04 Å². The minimum absolute atomic E-state index is 0.160. The van der Waals surface area contributed by atoms with Crippen molar-refractivity contribution in [2.75, 3.05) is 17.2 Å². The van der Waals surface area contributed by atoms with Gasteiger partial charge in [0, 0.05) is 12.6 Å². The topological polar surface area (TPSA) is 68.2 Å². The lowest BCUT2D eigenvalue weighted by molar-refractivity contribution is 0.323. The van der Waals surface area contributed by atoms with Crippen LogP contribution in [0.5, 0.6) is 0 Å². The highest BCUT2D eigenvalue weighted by Crippen LogP contribution is 2.37. The number of halogens is 1. The van der Waals surface area contributed by atoms with Crippen LogP contribution in [-0.2, 0) is 0 Å². The van der Waals surface area contributed by atoms with Crippen LogP contribution in [0, 0.1) is 12.8 Å². The number of hydrogen-bond acceptors (Lipinski definition) is 5. The lowest BCUT2D eigenvalue weighted by atomic mass is 9.91. The normalized spacial score (nSPS) is 22.5. The van der Waals surface area contributed by atoms with E-state index >= 15 is 0 Å². The second kappa shape index (κ2) is 5.56. The predicted octanol–water partition coefficient (Wildman–Crippen LogP) is 3.59. The van der Waals surface area contributed by atoms with Gasteiger partial charge in [0.15, 0.2) is 0 Å². The van der Waals surface area contributed by atoms with E-state index in [2.05, 4.69) is 21.8 Å². The summed E-state index contributed by atoms with van der Waals surface area (Å²) in [5, 5.41) is 0.366. The average Bonchev–Trinajstić information content (AvgIpc) is 2.84. The summed E-state index contributed by atoms with van der Waals surface area (Å²) in [6.45, 7) is 5.12. The summed E-state index contributed by atoms with van der Waals surface area (Å²) in [7, 11) is 0. The molecule has 2 atom stereocenters. The molecule has 0 aromatic carbocycles. The molecule has 0 aliphatic carbocycles. The number of piperidine rings is 1. The molecule has 1 aliphatic heterocycles. The third kappa shape index (κ3) is 2.97. The Morgan fingerprint density at radius 3 is 2.86 bits per heavy atom. The zero-order valence-corrected chi connectivity index (χ0v) is 13.0. The molecule has 21 heavy (non-hydrogen) atoms. The second-order valence-electron chi connectivity index (χ2n) is 5.69. The van der Waals surface area contributed by atoms with Gasteiger partial charge in [-0.2, -0.15) is 4.98 Å². The van der Waals surface area contributed by atoms with E-state index in [1.54, 1.807) is 6.07 Å². The fraction of sp³-hybridized carbons (Fsp3) is 0.467. The molecule has 2 aromatic heterocycles. The zero-order valence-electron chi connectivity index (χ0n) is 12.2. The molecule has 1 aliphatic rings. The fourth-order valence-electron chi connectivity index (χ4n) is 2.89. The molecule has 5 nitrogen and oxygen atoms in total. The SMILES string of the molecule is Cc1ccc(C2CC(C)CCN2c2cc(Cl)nc(N)n2)o1. The highest BCUT2D eigenvalue weighted by atomic mass is 35.5. The van der Waals surface area contributed by atoms with E-state index in [0.29, 0.717) is 11.1 Å². The summed E-state index contributed by atoms with van der Waals surface area (Å²) >= 11 is 6.01. The third-order valence-corrected chi connectivity index (χ3v) is 4.14. The summed E-state index contributed by atoms with van der Waals surface area (Å²) < 4.78 is 5.83. The molecule has 0 spiro atoms. The molecule has 2 N–H and O–H groups in total.